The van der Waals surface area contributed by atoms with Gasteiger partial charge in [0, 0.05) is 24.2 Å². The average Bonchev–Trinajstić information content (AvgIpc) is 2.62. The van der Waals surface area contributed by atoms with E-state index in [4.69, 9.17) is 4.74 Å². The number of likely N-dealkylation sites (tertiary alicyclic amines) is 1. The highest BCUT2D eigenvalue weighted by Gasteiger charge is 2.21. The van der Waals surface area contributed by atoms with Gasteiger partial charge in [0.15, 0.2) is 0 Å². The number of pyridine rings is 1. The summed E-state index contributed by atoms with van der Waals surface area (Å²) in [6.07, 6.45) is 4.17. The van der Waals surface area contributed by atoms with E-state index >= 15 is 0 Å². The van der Waals surface area contributed by atoms with Crippen LogP contribution in [0, 0.1) is 5.92 Å². The number of nitrogens with zero attached hydrogens (tertiary/aromatic N) is 4. The minimum Gasteiger partial charge on any atom is -0.476 e. The predicted octanol–water partition coefficient (Wildman–Crippen LogP) is 3.46. The molecule has 0 aromatic carbocycles. The lowest BCUT2D eigenvalue weighted by atomic mass is 9.92. The third kappa shape index (κ3) is 5.23. The molecule has 5 heteroatoms. The molecule has 0 spiro atoms. The largest absolute Gasteiger partial charge is 0.476 e. The Morgan fingerprint density at radius 3 is 2.48 bits per heavy atom. The fourth-order valence-electron chi connectivity index (χ4n) is 3.03. The highest BCUT2D eigenvalue weighted by Crippen LogP contribution is 2.22. The van der Waals surface area contributed by atoms with Crippen molar-refractivity contribution in [1.29, 1.82) is 0 Å². The van der Waals surface area contributed by atoms with E-state index in [1.165, 1.54) is 0 Å². The van der Waals surface area contributed by atoms with Crippen LogP contribution in [0.15, 0.2) is 36.5 Å². The summed E-state index contributed by atoms with van der Waals surface area (Å²) in [5.41, 5.74) is 2.15. The molecular formula is C20H28N4O. The van der Waals surface area contributed by atoms with Gasteiger partial charge in [-0.15, -0.1) is 5.10 Å². The van der Waals surface area contributed by atoms with Gasteiger partial charge in [-0.3, -0.25) is 9.88 Å². The lowest BCUT2D eigenvalue weighted by Crippen LogP contribution is -2.35. The second kappa shape index (κ2) is 7.91. The molecular weight excluding hydrogens is 312 g/mol. The summed E-state index contributed by atoms with van der Waals surface area (Å²) in [4.78, 5) is 6.88. The summed E-state index contributed by atoms with van der Waals surface area (Å²) in [6, 6.07) is 10.1. The molecule has 0 atom stereocenters. The standard InChI is InChI=1S/C20H28N4O/c1-20(2,3)18-7-8-19(23-22-18)25-15-16-9-12-24(13-10-16)14-17-6-4-5-11-21-17/h4-8,11,16H,9-10,12-15H2,1-3H3. The van der Waals surface area contributed by atoms with Crippen LogP contribution >= 0.6 is 0 Å². The van der Waals surface area contributed by atoms with Crippen LogP contribution in [0.2, 0.25) is 0 Å². The Kier molecular flexibility index (Phi) is 5.63. The van der Waals surface area contributed by atoms with E-state index in [1.54, 1.807) is 0 Å². The predicted molar refractivity (Wildman–Crippen MR) is 98.5 cm³/mol. The van der Waals surface area contributed by atoms with Crippen LogP contribution in [0.5, 0.6) is 5.88 Å². The van der Waals surface area contributed by atoms with Crippen LogP contribution in [0.25, 0.3) is 0 Å². The van der Waals surface area contributed by atoms with E-state index in [1.807, 2.05) is 24.4 Å². The monoisotopic (exact) mass is 340 g/mol. The highest BCUT2D eigenvalue weighted by atomic mass is 16.5. The molecule has 3 heterocycles. The summed E-state index contributed by atoms with van der Waals surface area (Å²) < 4.78 is 5.86. The second-order valence-corrected chi connectivity index (χ2v) is 7.86. The van der Waals surface area contributed by atoms with E-state index in [-0.39, 0.29) is 5.41 Å². The zero-order valence-electron chi connectivity index (χ0n) is 15.5. The summed E-state index contributed by atoms with van der Waals surface area (Å²) in [5, 5.41) is 8.49. The first kappa shape index (κ1) is 17.8. The molecule has 134 valence electrons. The quantitative estimate of drug-likeness (QED) is 0.834. The van der Waals surface area contributed by atoms with E-state index < -0.39 is 0 Å². The topological polar surface area (TPSA) is 51.1 Å². The molecule has 1 aliphatic heterocycles. The third-order valence-electron chi connectivity index (χ3n) is 4.69. The zero-order chi connectivity index (χ0) is 17.7. The molecule has 1 saturated heterocycles. The minimum atomic E-state index is 0.0198. The van der Waals surface area contributed by atoms with Gasteiger partial charge in [0.25, 0.3) is 0 Å². The van der Waals surface area contributed by atoms with Gasteiger partial charge in [0.2, 0.25) is 5.88 Å². The van der Waals surface area contributed by atoms with E-state index in [2.05, 4.69) is 53.0 Å². The molecule has 2 aromatic heterocycles. The van der Waals surface area contributed by atoms with E-state index in [0.29, 0.717) is 11.8 Å². The van der Waals surface area contributed by atoms with Crippen LogP contribution in [-0.4, -0.2) is 39.8 Å². The Morgan fingerprint density at radius 1 is 1.08 bits per heavy atom. The molecule has 3 rings (SSSR count). The number of rotatable bonds is 5. The molecule has 0 saturated carbocycles. The Balaban J connectivity index is 1.42. The van der Waals surface area contributed by atoms with Crippen molar-refractivity contribution in [1.82, 2.24) is 20.1 Å². The molecule has 0 amide bonds. The summed E-state index contributed by atoms with van der Waals surface area (Å²) in [6.45, 7) is 10.3. The number of aromatic nitrogens is 3. The summed E-state index contributed by atoms with van der Waals surface area (Å²) in [7, 11) is 0. The molecule has 0 bridgehead atoms. The minimum absolute atomic E-state index is 0.0198. The van der Waals surface area contributed by atoms with Crippen molar-refractivity contribution in [2.75, 3.05) is 19.7 Å². The van der Waals surface area contributed by atoms with Crippen LogP contribution in [0.1, 0.15) is 45.0 Å². The normalized spacial score (nSPS) is 16.8. The molecule has 0 aliphatic carbocycles. The first-order valence-corrected chi connectivity index (χ1v) is 9.10. The zero-order valence-corrected chi connectivity index (χ0v) is 15.5. The van der Waals surface area contributed by atoms with Gasteiger partial charge >= 0.3 is 0 Å². The van der Waals surface area contributed by atoms with Gasteiger partial charge in [0.05, 0.1) is 18.0 Å². The van der Waals surface area contributed by atoms with Crippen LogP contribution in [0.3, 0.4) is 0 Å². The molecule has 1 aliphatic rings. The Bertz CT molecular complexity index is 644. The maximum Gasteiger partial charge on any atom is 0.233 e. The number of ether oxygens (including phenoxy) is 1. The Morgan fingerprint density at radius 2 is 1.88 bits per heavy atom. The van der Waals surface area contributed by atoms with E-state index in [9.17, 15) is 0 Å². The lowest BCUT2D eigenvalue weighted by molar-refractivity contribution is 0.133. The molecule has 0 N–H and O–H groups in total. The van der Waals surface area contributed by atoms with Crippen LogP contribution in [-0.2, 0) is 12.0 Å². The van der Waals surface area contributed by atoms with Gasteiger partial charge in [0.1, 0.15) is 0 Å². The Labute approximate surface area is 150 Å². The molecule has 0 unspecified atom stereocenters. The highest BCUT2D eigenvalue weighted by molar-refractivity contribution is 5.16. The number of hydrogen-bond acceptors (Lipinski definition) is 5. The lowest BCUT2D eigenvalue weighted by Gasteiger charge is -2.31. The fourth-order valence-corrected chi connectivity index (χ4v) is 3.03. The maximum atomic E-state index is 5.86. The molecule has 2 aromatic rings. The first-order chi connectivity index (χ1) is 12.0. The van der Waals surface area contributed by atoms with Crippen molar-refractivity contribution in [2.45, 2.75) is 45.6 Å². The molecule has 25 heavy (non-hydrogen) atoms. The summed E-state index contributed by atoms with van der Waals surface area (Å²) >= 11 is 0. The van der Waals surface area contributed by atoms with Crippen molar-refractivity contribution in [3.63, 3.8) is 0 Å². The average molecular weight is 340 g/mol. The van der Waals surface area contributed by atoms with Gasteiger partial charge in [-0.05, 0) is 50.0 Å². The van der Waals surface area contributed by atoms with Gasteiger partial charge in [-0.25, -0.2) is 0 Å². The van der Waals surface area contributed by atoms with Crippen molar-refractivity contribution >= 4 is 0 Å². The van der Waals surface area contributed by atoms with Gasteiger partial charge < -0.3 is 4.74 Å². The smallest absolute Gasteiger partial charge is 0.233 e. The van der Waals surface area contributed by atoms with Crippen molar-refractivity contribution in [3.8, 4) is 5.88 Å². The van der Waals surface area contributed by atoms with Crippen LogP contribution in [0.4, 0.5) is 0 Å². The number of hydrogen-bond donors (Lipinski definition) is 0. The van der Waals surface area contributed by atoms with Crippen LogP contribution < -0.4 is 4.74 Å². The Hall–Kier alpha value is -2.01. The summed E-state index contributed by atoms with van der Waals surface area (Å²) in [5.74, 6) is 1.22. The third-order valence-corrected chi connectivity index (χ3v) is 4.69. The SMILES string of the molecule is CC(C)(C)c1ccc(OCC2CCN(Cc3ccccn3)CC2)nn1. The van der Waals surface area contributed by atoms with Gasteiger partial charge in [-0.2, -0.15) is 5.10 Å². The second-order valence-electron chi connectivity index (χ2n) is 7.86. The fraction of sp³-hybridized carbons (Fsp3) is 0.550. The van der Waals surface area contributed by atoms with Crippen molar-refractivity contribution in [3.05, 3.63) is 47.9 Å². The van der Waals surface area contributed by atoms with Gasteiger partial charge in [-0.1, -0.05) is 26.8 Å². The van der Waals surface area contributed by atoms with E-state index in [0.717, 1.165) is 50.5 Å². The first-order valence-electron chi connectivity index (χ1n) is 9.10. The maximum absolute atomic E-state index is 5.86. The molecule has 5 nitrogen and oxygen atoms in total. The molecule has 1 fully saturated rings. The van der Waals surface area contributed by atoms with Crippen molar-refractivity contribution in [2.24, 2.45) is 5.92 Å². The van der Waals surface area contributed by atoms with Crippen molar-refractivity contribution < 1.29 is 4.74 Å². The molecule has 0 radical (unpaired) electrons. The number of piperidine rings is 1.